The van der Waals surface area contributed by atoms with E-state index in [1.807, 2.05) is 42.5 Å². The quantitative estimate of drug-likeness (QED) is 0.795. The van der Waals surface area contributed by atoms with Gasteiger partial charge in [0.15, 0.2) is 6.10 Å². The third kappa shape index (κ3) is 3.71. The second-order valence-electron chi connectivity index (χ2n) is 5.40. The van der Waals surface area contributed by atoms with E-state index in [-0.39, 0.29) is 12.1 Å². The van der Waals surface area contributed by atoms with Gasteiger partial charge in [0, 0.05) is 24.6 Å². The lowest BCUT2D eigenvalue weighted by molar-refractivity contribution is -0.150. The second kappa shape index (κ2) is 7.18. The molecule has 0 spiro atoms. The molecule has 0 amide bonds. The second-order valence-corrected chi connectivity index (χ2v) is 5.40. The Balaban J connectivity index is 1.75. The average molecular weight is 297 g/mol. The van der Waals surface area contributed by atoms with Crippen molar-refractivity contribution in [1.29, 1.82) is 0 Å². The normalized spacial score (nSPS) is 18.8. The molecule has 4 heteroatoms. The number of hydrogen-bond acceptors (Lipinski definition) is 4. The van der Waals surface area contributed by atoms with Crippen LogP contribution in [0.3, 0.4) is 0 Å². The summed E-state index contributed by atoms with van der Waals surface area (Å²) in [5.41, 5.74) is 1.87. The van der Waals surface area contributed by atoms with Gasteiger partial charge in [0.1, 0.15) is 0 Å². The molecular formula is C18H19NO3. The molecule has 1 aliphatic rings. The highest BCUT2D eigenvalue weighted by Crippen LogP contribution is 2.27. The van der Waals surface area contributed by atoms with Gasteiger partial charge in [0.25, 0.3) is 0 Å². The van der Waals surface area contributed by atoms with Gasteiger partial charge in [0.2, 0.25) is 0 Å². The van der Waals surface area contributed by atoms with Crippen LogP contribution in [0.5, 0.6) is 0 Å². The first-order valence-electron chi connectivity index (χ1n) is 7.59. The zero-order valence-electron chi connectivity index (χ0n) is 12.4. The fourth-order valence-electron chi connectivity index (χ4n) is 2.67. The van der Waals surface area contributed by atoms with Crippen LogP contribution in [0, 0.1) is 0 Å². The summed E-state index contributed by atoms with van der Waals surface area (Å²) < 4.78 is 11.2. The number of carbonyl (C=O) groups excluding carboxylic acids is 1. The van der Waals surface area contributed by atoms with Crippen LogP contribution in [0.25, 0.3) is 0 Å². The van der Waals surface area contributed by atoms with E-state index in [2.05, 4.69) is 4.98 Å². The van der Waals surface area contributed by atoms with E-state index in [0.29, 0.717) is 6.42 Å². The number of rotatable bonds is 5. The molecular weight excluding hydrogens is 278 g/mol. The average Bonchev–Trinajstić information content (AvgIpc) is 3.07. The molecule has 3 rings (SSSR count). The van der Waals surface area contributed by atoms with Gasteiger partial charge in [-0.15, -0.1) is 0 Å². The van der Waals surface area contributed by atoms with E-state index >= 15 is 0 Å². The maximum Gasteiger partial charge on any atom is 0.309 e. The Morgan fingerprint density at radius 2 is 1.91 bits per heavy atom. The summed E-state index contributed by atoms with van der Waals surface area (Å²) in [6.07, 6.45) is 5.27. The molecule has 0 saturated carbocycles. The number of ether oxygens (including phenoxy) is 2. The molecule has 1 aliphatic heterocycles. The number of hydrogen-bond donors (Lipinski definition) is 0. The lowest BCUT2D eigenvalue weighted by Gasteiger charge is -2.19. The number of nitrogens with zero attached hydrogens (tertiary/aromatic N) is 1. The Morgan fingerprint density at radius 3 is 2.59 bits per heavy atom. The van der Waals surface area contributed by atoms with E-state index in [4.69, 9.17) is 9.47 Å². The van der Waals surface area contributed by atoms with Gasteiger partial charge in [-0.1, -0.05) is 30.3 Å². The van der Waals surface area contributed by atoms with E-state index < -0.39 is 6.10 Å². The maximum absolute atomic E-state index is 12.2. The molecule has 114 valence electrons. The Kier molecular flexibility index (Phi) is 4.81. The monoisotopic (exact) mass is 297 g/mol. The molecule has 1 aromatic heterocycles. The minimum atomic E-state index is -0.405. The molecule has 1 saturated heterocycles. The summed E-state index contributed by atoms with van der Waals surface area (Å²) in [5, 5.41) is 0. The highest BCUT2D eigenvalue weighted by molar-refractivity contribution is 5.70. The molecule has 4 nitrogen and oxygen atoms in total. The van der Waals surface area contributed by atoms with Crippen molar-refractivity contribution in [3.8, 4) is 0 Å². The van der Waals surface area contributed by atoms with Gasteiger partial charge in [-0.25, -0.2) is 0 Å². The van der Waals surface area contributed by atoms with Crippen LogP contribution in [-0.4, -0.2) is 23.7 Å². The first-order chi connectivity index (χ1) is 10.8. The summed E-state index contributed by atoms with van der Waals surface area (Å²) in [5.74, 6) is -0.224. The molecule has 0 aliphatic carbocycles. The summed E-state index contributed by atoms with van der Waals surface area (Å²) in [6, 6.07) is 13.5. The zero-order valence-corrected chi connectivity index (χ0v) is 12.4. The highest BCUT2D eigenvalue weighted by atomic mass is 16.5. The van der Waals surface area contributed by atoms with Crippen LogP contribution in [0.4, 0.5) is 0 Å². The first-order valence-corrected chi connectivity index (χ1v) is 7.59. The minimum Gasteiger partial charge on any atom is -0.452 e. The van der Waals surface area contributed by atoms with Crippen LogP contribution in [0.2, 0.25) is 0 Å². The van der Waals surface area contributed by atoms with Crippen molar-refractivity contribution in [2.75, 3.05) is 6.61 Å². The molecule has 2 aromatic rings. The highest BCUT2D eigenvalue weighted by Gasteiger charge is 2.24. The van der Waals surface area contributed by atoms with E-state index in [9.17, 15) is 4.79 Å². The molecule has 1 aromatic carbocycles. The SMILES string of the molecule is O=C(C[C@@H]1CCCO1)O[C@H](c1ccccc1)c1ccncc1. The molecule has 22 heavy (non-hydrogen) atoms. The van der Waals surface area contributed by atoms with E-state index in [1.54, 1.807) is 12.4 Å². The third-order valence-electron chi connectivity index (χ3n) is 3.78. The van der Waals surface area contributed by atoms with Gasteiger partial charge in [-0.05, 0) is 30.5 Å². The maximum atomic E-state index is 12.2. The third-order valence-corrected chi connectivity index (χ3v) is 3.78. The summed E-state index contributed by atoms with van der Waals surface area (Å²) in [4.78, 5) is 16.3. The van der Waals surface area contributed by atoms with Crippen molar-refractivity contribution in [1.82, 2.24) is 4.98 Å². The minimum absolute atomic E-state index is 0.00126. The molecule has 0 radical (unpaired) electrons. The number of pyridine rings is 1. The fraction of sp³-hybridized carbons (Fsp3) is 0.333. The Labute approximate surface area is 130 Å². The largest absolute Gasteiger partial charge is 0.452 e. The Morgan fingerprint density at radius 1 is 1.18 bits per heavy atom. The molecule has 0 unspecified atom stereocenters. The van der Waals surface area contributed by atoms with Crippen LogP contribution in [0.1, 0.15) is 36.5 Å². The smallest absolute Gasteiger partial charge is 0.309 e. The topological polar surface area (TPSA) is 48.4 Å². The standard InChI is InChI=1S/C18H19NO3/c20-17(13-16-7-4-12-21-16)22-18(14-5-2-1-3-6-14)15-8-10-19-11-9-15/h1-3,5-6,8-11,16,18H,4,7,12-13H2/t16-,18+/m0/s1. The van der Waals surface area contributed by atoms with Crippen LogP contribution in [0.15, 0.2) is 54.9 Å². The van der Waals surface area contributed by atoms with E-state index in [1.165, 1.54) is 0 Å². The Hall–Kier alpha value is -2.20. The molecule has 2 atom stereocenters. The van der Waals surface area contributed by atoms with Gasteiger partial charge in [-0.2, -0.15) is 0 Å². The number of esters is 1. The lowest BCUT2D eigenvalue weighted by Crippen LogP contribution is -2.18. The molecule has 0 bridgehead atoms. The predicted molar refractivity (Wildman–Crippen MR) is 82.2 cm³/mol. The van der Waals surface area contributed by atoms with Gasteiger partial charge in [-0.3, -0.25) is 9.78 Å². The van der Waals surface area contributed by atoms with E-state index in [0.717, 1.165) is 30.6 Å². The van der Waals surface area contributed by atoms with Gasteiger partial charge >= 0.3 is 5.97 Å². The summed E-state index contributed by atoms with van der Waals surface area (Å²) >= 11 is 0. The van der Waals surface area contributed by atoms with Crippen molar-refractivity contribution in [3.05, 3.63) is 66.0 Å². The van der Waals surface area contributed by atoms with Crippen molar-refractivity contribution in [3.63, 3.8) is 0 Å². The summed E-state index contributed by atoms with van der Waals surface area (Å²) in [6.45, 7) is 0.740. The number of benzene rings is 1. The van der Waals surface area contributed by atoms with Crippen LogP contribution in [-0.2, 0) is 14.3 Å². The number of aromatic nitrogens is 1. The number of carbonyl (C=O) groups is 1. The predicted octanol–water partition coefficient (Wildman–Crippen LogP) is 3.28. The first kappa shape index (κ1) is 14.7. The van der Waals surface area contributed by atoms with Gasteiger partial charge < -0.3 is 9.47 Å². The Bertz CT molecular complexity index is 555. The van der Waals surface area contributed by atoms with Crippen molar-refractivity contribution >= 4 is 5.97 Å². The molecule has 1 fully saturated rings. The lowest BCUT2D eigenvalue weighted by atomic mass is 10.0. The van der Waals surface area contributed by atoms with Crippen molar-refractivity contribution in [2.24, 2.45) is 0 Å². The van der Waals surface area contributed by atoms with Crippen LogP contribution >= 0.6 is 0 Å². The molecule has 0 N–H and O–H groups in total. The van der Waals surface area contributed by atoms with Crippen LogP contribution < -0.4 is 0 Å². The van der Waals surface area contributed by atoms with Crippen molar-refractivity contribution in [2.45, 2.75) is 31.5 Å². The van der Waals surface area contributed by atoms with Crippen molar-refractivity contribution < 1.29 is 14.3 Å². The zero-order chi connectivity index (χ0) is 15.2. The fourth-order valence-corrected chi connectivity index (χ4v) is 2.67. The van der Waals surface area contributed by atoms with Gasteiger partial charge in [0.05, 0.1) is 12.5 Å². The molecule has 2 heterocycles. The summed E-state index contributed by atoms with van der Waals surface area (Å²) in [7, 11) is 0.